The number of nitrogens with one attached hydrogen (secondary N) is 2. The molecule has 0 spiro atoms. The molecule has 0 amide bonds. The Balaban J connectivity index is 2.60. The molecule has 2 unspecified atom stereocenters. The largest absolute Gasteiger partial charge is 0.394 e. The van der Waals surface area contributed by atoms with Crippen molar-refractivity contribution >= 4 is 0 Å². The highest BCUT2D eigenvalue weighted by Gasteiger charge is 2.36. The molecule has 1 aliphatic heterocycles. The van der Waals surface area contributed by atoms with Crippen LogP contribution in [0.25, 0.3) is 0 Å². The monoisotopic (exact) mass is 172 g/mol. The second kappa shape index (κ2) is 4.21. The number of likely N-dealkylation sites (N-methyl/N-ethyl adjacent to an activating group) is 1. The molecule has 1 heterocycles. The lowest BCUT2D eigenvalue weighted by molar-refractivity contribution is 0.0848. The molecule has 0 saturated carbocycles. The summed E-state index contributed by atoms with van der Waals surface area (Å²) in [6.45, 7) is 7.48. The summed E-state index contributed by atoms with van der Waals surface area (Å²) in [5.74, 6) is 0.510. The van der Waals surface area contributed by atoms with Crippen molar-refractivity contribution in [2.24, 2.45) is 5.92 Å². The van der Waals surface area contributed by atoms with Gasteiger partial charge in [-0.15, -0.1) is 0 Å². The smallest absolute Gasteiger partial charge is 0.0616 e. The number of rotatable bonds is 3. The van der Waals surface area contributed by atoms with Crippen molar-refractivity contribution < 1.29 is 5.11 Å². The van der Waals surface area contributed by atoms with Gasteiger partial charge in [0.15, 0.2) is 0 Å². The molecule has 1 rings (SSSR count). The first kappa shape index (κ1) is 9.96. The van der Waals surface area contributed by atoms with Gasteiger partial charge in [-0.3, -0.25) is 0 Å². The minimum absolute atomic E-state index is 0.0278. The molecule has 3 nitrogen and oxygen atoms in total. The molecule has 1 saturated heterocycles. The van der Waals surface area contributed by atoms with E-state index in [9.17, 15) is 5.11 Å². The standard InChI is InChI=1S/C9H20N2O/c1-3-11-9(7-12)4-5-10-6-8(9)2/h8,10-12H,3-7H2,1-2H3. The quantitative estimate of drug-likeness (QED) is 0.559. The van der Waals surface area contributed by atoms with Crippen LogP contribution < -0.4 is 10.6 Å². The second-order valence-corrected chi connectivity index (χ2v) is 3.70. The number of hydrogen-bond acceptors (Lipinski definition) is 3. The predicted molar refractivity (Wildman–Crippen MR) is 50.1 cm³/mol. The van der Waals surface area contributed by atoms with Crippen LogP contribution in [0.5, 0.6) is 0 Å². The van der Waals surface area contributed by atoms with Crippen LogP contribution in [0, 0.1) is 5.92 Å². The Labute approximate surface area is 74.5 Å². The van der Waals surface area contributed by atoms with E-state index in [-0.39, 0.29) is 12.1 Å². The van der Waals surface area contributed by atoms with E-state index in [2.05, 4.69) is 24.5 Å². The van der Waals surface area contributed by atoms with Crippen LogP contribution in [0.2, 0.25) is 0 Å². The maximum atomic E-state index is 9.35. The summed E-state index contributed by atoms with van der Waals surface area (Å²) >= 11 is 0. The SMILES string of the molecule is CCNC1(CO)CCNCC1C. The van der Waals surface area contributed by atoms with Crippen molar-refractivity contribution in [2.45, 2.75) is 25.8 Å². The van der Waals surface area contributed by atoms with Gasteiger partial charge in [0.25, 0.3) is 0 Å². The zero-order valence-electron chi connectivity index (χ0n) is 8.06. The molecule has 0 aliphatic carbocycles. The Morgan fingerprint density at radius 2 is 2.42 bits per heavy atom. The Morgan fingerprint density at radius 3 is 2.92 bits per heavy atom. The molecule has 1 aliphatic rings. The van der Waals surface area contributed by atoms with E-state index in [1.165, 1.54) is 0 Å². The van der Waals surface area contributed by atoms with E-state index in [0.29, 0.717) is 5.92 Å². The zero-order valence-corrected chi connectivity index (χ0v) is 8.06. The van der Waals surface area contributed by atoms with Gasteiger partial charge in [-0.05, 0) is 32.0 Å². The van der Waals surface area contributed by atoms with E-state index in [4.69, 9.17) is 0 Å². The lowest BCUT2D eigenvalue weighted by atomic mass is 9.80. The normalized spacial score (nSPS) is 36.8. The molecule has 3 N–H and O–H groups in total. The van der Waals surface area contributed by atoms with E-state index < -0.39 is 0 Å². The van der Waals surface area contributed by atoms with Gasteiger partial charge in [0.1, 0.15) is 0 Å². The fourth-order valence-corrected chi connectivity index (χ4v) is 1.98. The molecule has 0 radical (unpaired) electrons. The third-order valence-electron chi connectivity index (χ3n) is 2.95. The summed E-state index contributed by atoms with van der Waals surface area (Å²) in [5, 5.41) is 16.1. The van der Waals surface area contributed by atoms with Crippen LogP contribution in [-0.2, 0) is 0 Å². The summed E-state index contributed by atoms with van der Waals surface area (Å²) < 4.78 is 0. The first-order valence-electron chi connectivity index (χ1n) is 4.82. The molecule has 0 aromatic rings. The molecule has 12 heavy (non-hydrogen) atoms. The van der Waals surface area contributed by atoms with Crippen LogP contribution in [0.1, 0.15) is 20.3 Å². The van der Waals surface area contributed by atoms with Crippen molar-refractivity contribution in [2.75, 3.05) is 26.2 Å². The van der Waals surface area contributed by atoms with Gasteiger partial charge in [-0.2, -0.15) is 0 Å². The van der Waals surface area contributed by atoms with Crippen LogP contribution in [0.4, 0.5) is 0 Å². The highest BCUT2D eigenvalue weighted by molar-refractivity contribution is 4.96. The van der Waals surface area contributed by atoms with Crippen LogP contribution in [0.3, 0.4) is 0 Å². The van der Waals surface area contributed by atoms with Crippen LogP contribution in [0.15, 0.2) is 0 Å². The number of aliphatic hydroxyl groups excluding tert-OH is 1. The molecule has 0 aromatic heterocycles. The van der Waals surface area contributed by atoms with Gasteiger partial charge in [0.05, 0.1) is 6.61 Å². The van der Waals surface area contributed by atoms with E-state index in [0.717, 1.165) is 26.1 Å². The van der Waals surface area contributed by atoms with Gasteiger partial charge in [-0.25, -0.2) is 0 Å². The van der Waals surface area contributed by atoms with Crippen LogP contribution in [-0.4, -0.2) is 36.9 Å². The van der Waals surface area contributed by atoms with Crippen molar-refractivity contribution in [3.63, 3.8) is 0 Å². The summed E-state index contributed by atoms with van der Waals surface area (Å²) in [6, 6.07) is 0. The van der Waals surface area contributed by atoms with Crippen LogP contribution >= 0.6 is 0 Å². The molecular weight excluding hydrogens is 152 g/mol. The van der Waals surface area contributed by atoms with E-state index in [1.807, 2.05) is 0 Å². The molecule has 0 aromatic carbocycles. The molecule has 3 heteroatoms. The topological polar surface area (TPSA) is 44.3 Å². The zero-order chi connectivity index (χ0) is 9.03. The van der Waals surface area contributed by atoms with E-state index in [1.54, 1.807) is 0 Å². The lowest BCUT2D eigenvalue weighted by Gasteiger charge is -2.42. The second-order valence-electron chi connectivity index (χ2n) is 3.70. The molecule has 1 fully saturated rings. The summed E-state index contributed by atoms with van der Waals surface area (Å²) in [6.07, 6.45) is 1.03. The average molecular weight is 172 g/mol. The average Bonchev–Trinajstić information content (AvgIpc) is 2.10. The minimum Gasteiger partial charge on any atom is -0.394 e. The first-order valence-corrected chi connectivity index (χ1v) is 4.82. The van der Waals surface area contributed by atoms with Gasteiger partial charge >= 0.3 is 0 Å². The minimum atomic E-state index is -0.0278. The first-order chi connectivity index (χ1) is 5.75. The third-order valence-corrected chi connectivity index (χ3v) is 2.95. The van der Waals surface area contributed by atoms with E-state index >= 15 is 0 Å². The summed E-state index contributed by atoms with van der Waals surface area (Å²) in [7, 11) is 0. The third kappa shape index (κ3) is 1.79. The maximum absolute atomic E-state index is 9.35. The number of piperidine rings is 1. The Bertz CT molecular complexity index is 136. The molecule has 2 atom stereocenters. The fourth-order valence-electron chi connectivity index (χ4n) is 1.98. The van der Waals surface area contributed by atoms with Crippen molar-refractivity contribution in [3.05, 3.63) is 0 Å². The lowest BCUT2D eigenvalue weighted by Crippen LogP contribution is -2.60. The fraction of sp³-hybridized carbons (Fsp3) is 1.00. The Hall–Kier alpha value is -0.120. The Morgan fingerprint density at radius 1 is 1.67 bits per heavy atom. The van der Waals surface area contributed by atoms with Gasteiger partial charge < -0.3 is 15.7 Å². The van der Waals surface area contributed by atoms with Gasteiger partial charge in [0, 0.05) is 5.54 Å². The molecular formula is C9H20N2O. The van der Waals surface area contributed by atoms with Crippen molar-refractivity contribution in [3.8, 4) is 0 Å². The van der Waals surface area contributed by atoms with Crippen molar-refractivity contribution in [1.82, 2.24) is 10.6 Å². The maximum Gasteiger partial charge on any atom is 0.0616 e. The predicted octanol–water partition coefficient (Wildman–Crippen LogP) is -0.0436. The number of aliphatic hydroxyl groups is 1. The van der Waals surface area contributed by atoms with Gasteiger partial charge in [0.2, 0.25) is 0 Å². The number of hydrogen-bond donors (Lipinski definition) is 3. The molecule has 0 bridgehead atoms. The Kier molecular flexibility index (Phi) is 3.50. The van der Waals surface area contributed by atoms with Gasteiger partial charge in [-0.1, -0.05) is 13.8 Å². The summed E-state index contributed by atoms with van der Waals surface area (Å²) in [5.41, 5.74) is -0.0278. The van der Waals surface area contributed by atoms with Crippen molar-refractivity contribution in [1.29, 1.82) is 0 Å². The molecule has 72 valence electrons. The summed E-state index contributed by atoms with van der Waals surface area (Å²) in [4.78, 5) is 0. The highest BCUT2D eigenvalue weighted by atomic mass is 16.3. The highest BCUT2D eigenvalue weighted by Crippen LogP contribution is 2.23.